The Hall–Kier alpha value is -3.74. The maximum absolute atomic E-state index is 12.5. The van der Waals surface area contributed by atoms with Crippen molar-refractivity contribution in [2.75, 3.05) is 31.0 Å². The van der Waals surface area contributed by atoms with E-state index in [2.05, 4.69) is 15.6 Å². The number of nitrogens with zero attached hydrogens (tertiary/aromatic N) is 1. The molecule has 1 amide bonds. The van der Waals surface area contributed by atoms with Crippen LogP contribution < -0.4 is 24.8 Å². The number of carbonyl (C=O) groups is 1. The van der Waals surface area contributed by atoms with Crippen molar-refractivity contribution >= 4 is 17.4 Å². The number of aromatic nitrogens is 1. The third-order valence-corrected chi connectivity index (χ3v) is 4.46. The van der Waals surface area contributed by atoms with E-state index in [1.807, 2.05) is 24.3 Å². The first-order valence-electron chi connectivity index (χ1n) is 9.25. The van der Waals surface area contributed by atoms with Crippen molar-refractivity contribution in [2.24, 2.45) is 0 Å². The summed E-state index contributed by atoms with van der Waals surface area (Å²) >= 11 is 0. The number of hydrogen-bond donors (Lipinski definition) is 2. The molecule has 1 aliphatic rings. The smallest absolute Gasteiger partial charge is 0.257 e. The van der Waals surface area contributed by atoms with E-state index in [0.717, 1.165) is 11.3 Å². The van der Waals surface area contributed by atoms with Gasteiger partial charge in [-0.1, -0.05) is 12.1 Å². The normalized spacial score (nSPS) is 12.2. The summed E-state index contributed by atoms with van der Waals surface area (Å²) in [7, 11) is 1.64. The lowest BCUT2D eigenvalue weighted by Crippen LogP contribution is -2.16. The third-order valence-electron chi connectivity index (χ3n) is 4.46. The Morgan fingerprint density at radius 1 is 1.03 bits per heavy atom. The van der Waals surface area contributed by atoms with Crippen LogP contribution in [0.25, 0.3) is 0 Å². The molecule has 0 atom stereocenters. The monoisotopic (exact) mass is 391 g/mol. The van der Waals surface area contributed by atoms with E-state index >= 15 is 0 Å². The fourth-order valence-corrected chi connectivity index (χ4v) is 2.89. The van der Waals surface area contributed by atoms with Crippen LogP contribution in [-0.4, -0.2) is 31.2 Å². The number of hydrogen-bond acceptors (Lipinski definition) is 6. The van der Waals surface area contributed by atoms with Crippen molar-refractivity contribution < 1.29 is 19.0 Å². The fourth-order valence-electron chi connectivity index (χ4n) is 2.89. The van der Waals surface area contributed by atoms with Gasteiger partial charge in [0.25, 0.3) is 5.91 Å². The average Bonchev–Trinajstić information content (AvgIpc) is 2.78. The van der Waals surface area contributed by atoms with Crippen LogP contribution in [0.2, 0.25) is 0 Å². The second-order valence-corrected chi connectivity index (χ2v) is 6.45. The van der Waals surface area contributed by atoms with Crippen LogP contribution in [0.5, 0.6) is 17.2 Å². The summed E-state index contributed by atoms with van der Waals surface area (Å²) in [5.74, 6) is 2.58. The molecule has 7 heteroatoms. The molecule has 0 unspecified atom stereocenters. The van der Waals surface area contributed by atoms with E-state index in [1.54, 1.807) is 43.6 Å². The van der Waals surface area contributed by atoms with Gasteiger partial charge in [0, 0.05) is 24.5 Å². The summed E-state index contributed by atoms with van der Waals surface area (Å²) in [5, 5.41) is 6.08. The van der Waals surface area contributed by atoms with Crippen molar-refractivity contribution in [1.29, 1.82) is 0 Å². The van der Waals surface area contributed by atoms with Gasteiger partial charge >= 0.3 is 0 Å². The number of rotatable bonds is 6. The lowest BCUT2D eigenvalue weighted by Gasteiger charge is -2.19. The molecule has 0 bridgehead atoms. The molecule has 0 spiro atoms. The summed E-state index contributed by atoms with van der Waals surface area (Å²) in [6, 6.07) is 16.6. The fraction of sp³-hybridized carbons (Fsp3) is 0.182. The number of fused-ring (bicyclic) bond motifs is 1. The SMILES string of the molecule is COc1ccc(CNc2ccc(C(=O)Nc3ccc4c(c3)OCCO4)cn2)cc1. The predicted octanol–water partition coefficient (Wildman–Crippen LogP) is 3.73. The summed E-state index contributed by atoms with van der Waals surface area (Å²) in [5.41, 5.74) is 2.21. The van der Waals surface area contributed by atoms with Gasteiger partial charge in [0.05, 0.1) is 12.7 Å². The molecular weight excluding hydrogens is 370 g/mol. The molecule has 3 aromatic rings. The standard InChI is InChI=1S/C22H21N3O4/c1-27-18-6-2-15(3-7-18)13-23-21-9-4-16(14-24-21)22(26)25-17-5-8-19-20(12-17)29-11-10-28-19/h2-9,12,14H,10-11,13H2,1H3,(H,23,24)(H,25,26). The van der Waals surface area contributed by atoms with Crippen molar-refractivity contribution in [3.8, 4) is 17.2 Å². The summed E-state index contributed by atoms with van der Waals surface area (Å²) in [6.45, 7) is 1.66. The van der Waals surface area contributed by atoms with Crippen LogP contribution in [0.1, 0.15) is 15.9 Å². The topological polar surface area (TPSA) is 81.7 Å². The molecule has 0 radical (unpaired) electrons. The molecule has 0 aliphatic carbocycles. The van der Waals surface area contributed by atoms with Gasteiger partial charge in [-0.3, -0.25) is 4.79 Å². The molecule has 0 saturated heterocycles. The highest BCUT2D eigenvalue weighted by atomic mass is 16.6. The maximum Gasteiger partial charge on any atom is 0.257 e. The van der Waals surface area contributed by atoms with Gasteiger partial charge in [-0.2, -0.15) is 0 Å². The first-order chi connectivity index (χ1) is 14.2. The highest BCUT2D eigenvalue weighted by molar-refractivity contribution is 6.04. The molecule has 1 aliphatic heterocycles. The molecular formula is C22H21N3O4. The van der Waals surface area contributed by atoms with E-state index in [9.17, 15) is 4.79 Å². The van der Waals surface area contributed by atoms with Gasteiger partial charge in [0.1, 0.15) is 24.8 Å². The van der Waals surface area contributed by atoms with Gasteiger partial charge in [-0.25, -0.2) is 4.98 Å². The van der Waals surface area contributed by atoms with E-state index in [1.165, 1.54) is 0 Å². The average molecular weight is 391 g/mol. The van der Waals surface area contributed by atoms with Crippen LogP contribution in [0.3, 0.4) is 0 Å². The first-order valence-corrected chi connectivity index (χ1v) is 9.25. The third kappa shape index (κ3) is 4.57. The second kappa shape index (κ2) is 8.52. The van der Waals surface area contributed by atoms with Crippen LogP contribution in [0.4, 0.5) is 11.5 Å². The Bertz CT molecular complexity index is 988. The van der Waals surface area contributed by atoms with E-state index in [4.69, 9.17) is 14.2 Å². The van der Waals surface area contributed by atoms with Crippen molar-refractivity contribution in [3.63, 3.8) is 0 Å². The number of methoxy groups -OCH3 is 1. The Kier molecular flexibility index (Phi) is 5.47. The van der Waals surface area contributed by atoms with Crippen LogP contribution in [0.15, 0.2) is 60.8 Å². The van der Waals surface area contributed by atoms with Gasteiger partial charge in [-0.15, -0.1) is 0 Å². The molecule has 2 heterocycles. The number of carbonyl (C=O) groups excluding carboxylic acids is 1. The number of ether oxygens (including phenoxy) is 3. The molecule has 4 rings (SSSR count). The van der Waals surface area contributed by atoms with Crippen LogP contribution in [-0.2, 0) is 6.54 Å². The van der Waals surface area contributed by atoms with E-state index in [0.29, 0.717) is 48.3 Å². The minimum Gasteiger partial charge on any atom is -0.497 e. The molecule has 0 fully saturated rings. The van der Waals surface area contributed by atoms with Gasteiger partial charge in [0.2, 0.25) is 0 Å². The Morgan fingerprint density at radius 3 is 2.55 bits per heavy atom. The molecule has 1 aromatic heterocycles. The second-order valence-electron chi connectivity index (χ2n) is 6.45. The number of benzene rings is 2. The zero-order valence-corrected chi connectivity index (χ0v) is 16.0. The minimum absolute atomic E-state index is 0.240. The number of nitrogens with one attached hydrogen (secondary N) is 2. The van der Waals surface area contributed by atoms with Gasteiger partial charge in [0.15, 0.2) is 11.5 Å². The maximum atomic E-state index is 12.5. The predicted molar refractivity (Wildman–Crippen MR) is 110 cm³/mol. The molecule has 0 saturated carbocycles. The number of amides is 1. The van der Waals surface area contributed by atoms with Crippen molar-refractivity contribution in [3.05, 3.63) is 71.9 Å². The summed E-state index contributed by atoms with van der Waals surface area (Å²) in [6.07, 6.45) is 1.55. The molecule has 148 valence electrons. The van der Waals surface area contributed by atoms with E-state index < -0.39 is 0 Å². The Morgan fingerprint density at radius 2 is 1.83 bits per heavy atom. The zero-order valence-electron chi connectivity index (χ0n) is 16.0. The van der Waals surface area contributed by atoms with Crippen molar-refractivity contribution in [1.82, 2.24) is 4.98 Å². The van der Waals surface area contributed by atoms with Gasteiger partial charge < -0.3 is 24.8 Å². The molecule has 2 N–H and O–H groups in total. The van der Waals surface area contributed by atoms with Crippen LogP contribution >= 0.6 is 0 Å². The largest absolute Gasteiger partial charge is 0.497 e. The van der Waals surface area contributed by atoms with Crippen molar-refractivity contribution in [2.45, 2.75) is 6.54 Å². The number of pyridine rings is 1. The van der Waals surface area contributed by atoms with Crippen LogP contribution in [0, 0.1) is 0 Å². The zero-order chi connectivity index (χ0) is 20.1. The first kappa shape index (κ1) is 18.6. The Labute approximate surface area is 168 Å². The summed E-state index contributed by atoms with van der Waals surface area (Å²) in [4.78, 5) is 16.8. The molecule has 29 heavy (non-hydrogen) atoms. The summed E-state index contributed by atoms with van der Waals surface area (Å²) < 4.78 is 16.2. The lowest BCUT2D eigenvalue weighted by molar-refractivity contribution is 0.102. The van der Waals surface area contributed by atoms with E-state index in [-0.39, 0.29) is 5.91 Å². The highest BCUT2D eigenvalue weighted by Crippen LogP contribution is 2.32. The van der Waals surface area contributed by atoms with Gasteiger partial charge in [-0.05, 0) is 42.0 Å². The Balaban J connectivity index is 1.35. The minimum atomic E-state index is -0.240. The molecule has 7 nitrogen and oxygen atoms in total. The highest BCUT2D eigenvalue weighted by Gasteiger charge is 2.13. The lowest BCUT2D eigenvalue weighted by atomic mass is 10.2. The quantitative estimate of drug-likeness (QED) is 0.666. The molecule has 2 aromatic carbocycles. The number of anilines is 2.